The fraction of sp³-hybridized carbons (Fsp3) is 0.476. The lowest BCUT2D eigenvalue weighted by molar-refractivity contribution is -0.147. The zero-order valence-corrected chi connectivity index (χ0v) is 17.1. The van der Waals surface area contributed by atoms with Crippen molar-refractivity contribution in [1.82, 2.24) is 5.32 Å². The molecule has 0 aliphatic heterocycles. The SMILES string of the molecule is CCc1cc2c(C)cc(=O)oc2cc1OC(C)C(=O)N[C@@H](C(=O)OC)C(C)C. The second kappa shape index (κ2) is 8.91. The quantitative estimate of drug-likeness (QED) is 0.578. The first-order valence-corrected chi connectivity index (χ1v) is 9.30. The molecular weight excluding hydrogens is 362 g/mol. The van der Waals surface area contributed by atoms with Gasteiger partial charge in [-0.3, -0.25) is 4.79 Å². The number of carbonyl (C=O) groups excluding carboxylic acids is 2. The van der Waals surface area contributed by atoms with Crippen LogP contribution in [0.2, 0.25) is 0 Å². The Morgan fingerprint density at radius 2 is 1.86 bits per heavy atom. The van der Waals surface area contributed by atoms with Gasteiger partial charge in [-0.05, 0) is 43.4 Å². The second-order valence-corrected chi connectivity index (χ2v) is 7.07. The number of amides is 1. The molecule has 2 aromatic rings. The zero-order valence-electron chi connectivity index (χ0n) is 17.1. The maximum absolute atomic E-state index is 12.5. The number of nitrogens with one attached hydrogen (secondary N) is 1. The van der Waals surface area contributed by atoms with E-state index < -0.39 is 29.6 Å². The minimum absolute atomic E-state index is 0.132. The molecule has 7 nitrogen and oxygen atoms in total. The molecule has 28 heavy (non-hydrogen) atoms. The average molecular weight is 389 g/mol. The van der Waals surface area contributed by atoms with Crippen molar-refractivity contribution in [2.75, 3.05) is 7.11 Å². The number of esters is 1. The summed E-state index contributed by atoms with van der Waals surface area (Å²) in [4.78, 5) is 36.1. The largest absolute Gasteiger partial charge is 0.480 e. The summed E-state index contributed by atoms with van der Waals surface area (Å²) in [7, 11) is 1.28. The minimum Gasteiger partial charge on any atom is -0.480 e. The molecule has 1 aromatic heterocycles. The van der Waals surface area contributed by atoms with E-state index in [1.54, 1.807) is 13.0 Å². The van der Waals surface area contributed by atoms with Gasteiger partial charge in [0, 0.05) is 17.5 Å². The van der Waals surface area contributed by atoms with Crippen molar-refractivity contribution in [1.29, 1.82) is 0 Å². The molecule has 0 spiro atoms. The average Bonchev–Trinajstić information content (AvgIpc) is 2.64. The van der Waals surface area contributed by atoms with E-state index in [1.165, 1.54) is 13.2 Å². The van der Waals surface area contributed by atoms with Crippen molar-refractivity contribution in [3.05, 3.63) is 39.7 Å². The number of hydrogen-bond acceptors (Lipinski definition) is 6. The van der Waals surface area contributed by atoms with Gasteiger partial charge in [0.1, 0.15) is 17.4 Å². The normalized spacial score (nSPS) is 13.2. The highest BCUT2D eigenvalue weighted by Crippen LogP contribution is 2.28. The number of fused-ring (bicyclic) bond motifs is 1. The Bertz CT molecular complexity index is 930. The maximum atomic E-state index is 12.5. The molecule has 0 aliphatic carbocycles. The maximum Gasteiger partial charge on any atom is 0.336 e. The summed E-state index contributed by atoms with van der Waals surface area (Å²) in [5.41, 5.74) is 1.66. The molecule has 7 heteroatoms. The molecule has 0 saturated heterocycles. The molecule has 0 saturated carbocycles. The topological polar surface area (TPSA) is 94.8 Å². The van der Waals surface area contributed by atoms with E-state index in [0.29, 0.717) is 17.8 Å². The Morgan fingerprint density at radius 3 is 2.43 bits per heavy atom. The molecule has 1 unspecified atom stereocenters. The van der Waals surface area contributed by atoms with E-state index in [2.05, 4.69) is 5.32 Å². The van der Waals surface area contributed by atoms with Crippen LogP contribution < -0.4 is 15.7 Å². The number of carbonyl (C=O) groups is 2. The Balaban J connectivity index is 2.28. The van der Waals surface area contributed by atoms with Crippen LogP contribution in [-0.2, 0) is 20.7 Å². The Hall–Kier alpha value is -2.83. The van der Waals surface area contributed by atoms with Crippen molar-refractivity contribution in [3.8, 4) is 5.75 Å². The van der Waals surface area contributed by atoms with Gasteiger partial charge in [-0.15, -0.1) is 0 Å². The van der Waals surface area contributed by atoms with Gasteiger partial charge < -0.3 is 19.2 Å². The molecule has 2 atom stereocenters. The van der Waals surface area contributed by atoms with E-state index in [9.17, 15) is 14.4 Å². The third kappa shape index (κ3) is 4.71. The van der Waals surface area contributed by atoms with Crippen LogP contribution in [0.15, 0.2) is 27.4 Å². The number of ether oxygens (including phenoxy) is 2. The van der Waals surface area contributed by atoms with Crippen LogP contribution in [0.25, 0.3) is 11.0 Å². The summed E-state index contributed by atoms with van der Waals surface area (Å²) in [6.45, 7) is 9.04. The fourth-order valence-electron chi connectivity index (χ4n) is 2.92. The summed E-state index contributed by atoms with van der Waals surface area (Å²) in [6.07, 6.45) is -0.181. The van der Waals surface area contributed by atoms with Gasteiger partial charge >= 0.3 is 11.6 Å². The number of hydrogen-bond donors (Lipinski definition) is 1. The molecule has 1 amide bonds. The van der Waals surface area contributed by atoms with Gasteiger partial charge in [-0.1, -0.05) is 20.8 Å². The Morgan fingerprint density at radius 1 is 1.18 bits per heavy atom. The van der Waals surface area contributed by atoms with Gasteiger partial charge in [-0.2, -0.15) is 0 Å². The van der Waals surface area contributed by atoms with Crippen LogP contribution in [0.3, 0.4) is 0 Å². The third-order valence-electron chi connectivity index (χ3n) is 4.61. The molecule has 1 N–H and O–H groups in total. The van der Waals surface area contributed by atoms with E-state index in [4.69, 9.17) is 13.9 Å². The number of rotatable bonds is 7. The summed E-state index contributed by atoms with van der Waals surface area (Å²) < 4.78 is 15.9. The highest BCUT2D eigenvalue weighted by atomic mass is 16.5. The summed E-state index contributed by atoms with van der Waals surface area (Å²) in [5.74, 6) is -0.608. The first-order chi connectivity index (χ1) is 13.2. The van der Waals surface area contributed by atoms with E-state index in [-0.39, 0.29) is 5.92 Å². The van der Waals surface area contributed by atoms with Crippen LogP contribution >= 0.6 is 0 Å². The smallest absolute Gasteiger partial charge is 0.336 e. The molecule has 0 aliphatic rings. The van der Waals surface area contributed by atoms with Crippen LogP contribution in [0, 0.1) is 12.8 Å². The van der Waals surface area contributed by atoms with Crippen molar-refractivity contribution in [2.24, 2.45) is 5.92 Å². The molecule has 2 rings (SSSR count). The van der Waals surface area contributed by atoms with Crippen LogP contribution in [0.4, 0.5) is 0 Å². The third-order valence-corrected chi connectivity index (χ3v) is 4.61. The predicted octanol–water partition coefficient (Wildman–Crippen LogP) is 2.74. The highest BCUT2D eigenvalue weighted by molar-refractivity contribution is 5.87. The lowest BCUT2D eigenvalue weighted by Crippen LogP contribution is -2.49. The molecule has 0 radical (unpaired) electrons. The van der Waals surface area contributed by atoms with E-state index >= 15 is 0 Å². The van der Waals surface area contributed by atoms with Gasteiger partial charge in [-0.25, -0.2) is 9.59 Å². The van der Waals surface area contributed by atoms with Crippen LogP contribution in [0.5, 0.6) is 5.75 Å². The highest BCUT2D eigenvalue weighted by Gasteiger charge is 2.28. The molecule has 1 aromatic carbocycles. The minimum atomic E-state index is -0.856. The van der Waals surface area contributed by atoms with E-state index in [0.717, 1.165) is 16.5 Å². The molecule has 152 valence electrons. The van der Waals surface area contributed by atoms with Crippen molar-refractivity contribution >= 4 is 22.8 Å². The molecule has 0 bridgehead atoms. The summed E-state index contributed by atoms with van der Waals surface area (Å²) in [5, 5.41) is 3.49. The van der Waals surface area contributed by atoms with Crippen molar-refractivity contribution in [2.45, 2.75) is 53.2 Å². The Kier molecular flexibility index (Phi) is 6.83. The second-order valence-electron chi connectivity index (χ2n) is 7.07. The standard InChI is InChI=1S/C21H27NO6/c1-7-14-9-15-12(4)8-18(23)28-17(15)10-16(14)27-13(5)20(24)22-19(11(2)3)21(25)26-6/h8-11,13,19H,7H2,1-6H3,(H,22,24)/t13?,19-/m1/s1. The van der Waals surface area contributed by atoms with Gasteiger partial charge in [0.25, 0.3) is 5.91 Å². The summed E-state index contributed by atoms with van der Waals surface area (Å²) in [6, 6.07) is 4.22. The zero-order chi connectivity index (χ0) is 21.0. The molecule has 0 fully saturated rings. The van der Waals surface area contributed by atoms with Crippen molar-refractivity contribution in [3.63, 3.8) is 0 Å². The van der Waals surface area contributed by atoms with Gasteiger partial charge in [0.2, 0.25) is 0 Å². The van der Waals surface area contributed by atoms with Crippen LogP contribution in [-0.4, -0.2) is 31.1 Å². The number of benzene rings is 1. The monoisotopic (exact) mass is 389 g/mol. The van der Waals surface area contributed by atoms with Crippen molar-refractivity contribution < 1.29 is 23.5 Å². The first kappa shape index (κ1) is 21.5. The van der Waals surface area contributed by atoms with Crippen LogP contribution in [0.1, 0.15) is 38.8 Å². The fourth-order valence-corrected chi connectivity index (χ4v) is 2.92. The number of aryl methyl sites for hydroxylation is 2. The Labute approximate surface area is 164 Å². The van der Waals surface area contributed by atoms with Gasteiger partial charge in [0.15, 0.2) is 6.10 Å². The molecule has 1 heterocycles. The molecular formula is C21H27NO6. The predicted molar refractivity (Wildman–Crippen MR) is 105 cm³/mol. The lowest BCUT2D eigenvalue weighted by atomic mass is 10.0. The van der Waals surface area contributed by atoms with E-state index in [1.807, 2.05) is 33.8 Å². The first-order valence-electron chi connectivity index (χ1n) is 9.30. The summed E-state index contributed by atoms with van der Waals surface area (Å²) >= 11 is 0. The lowest BCUT2D eigenvalue weighted by Gasteiger charge is -2.23. The number of methoxy groups -OCH3 is 1. The van der Waals surface area contributed by atoms with Gasteiger partial charge in [0.05, 0.1) is 7.11 Å².